The number of aromatic hydroxyl groups is 1. The van der Waals surface area contributed by atoms with Crippen molar-refractivity contribution < 1.29 is 32.9 Å². The zero-order valence-electron chi connectivity index (χ0n) is 33.9. The molecule has 5 aromatic heterocycles. The maximum Gasteiger partial charge on any atom is 0.337 e. The number of H-pyrrole nitrogens is 3. The number of hydrogen-bond donors (Lipinski definition) is 5. The van der Waals surface area contributed by atoms with E-state index in [1.54, 1.807) is 19.2 Å². The Bertz CT molecular complexity index is 3040. The molecule has 61 heavy (non-hydrogen) atoms. The number of allylic oxidation sites excluding steroid dienone is 1. The lowest BCUT2D eigenvalue weighted by Crippen LogP contribution is -2.21. The third-order valence-corrected chi connectivity index (χ3v) is 9.97. The van der Waals surface area contributed by atoms with E-state index in [1.807, 2.05) is 75.4 Å². The molecule has 310 valence electrons. The van der Waals surface area contributed by atoms with Crippen molar-refractivity contribution in [2.45, 2.75) is 33.1 Å². The molecule has 17 heteroatoms. The van der Waals surface area contributed by atoms with Crippen LogP contribution in [0.4, 0.5) is 0 Å². The molecule has 0 spiro atoms. The smallest absolute Gasteiger partial charge is 0.337 e. The summed E-state index contributed by atoms with van der Waals surface area (Å²) in [5, 5.41) is 42.4. The number of hydrogen-bond acceptors (Lipinski definition) is 14. The average molecular weight is 825 g/mol. The van der Waals surface area contributed by atoms with Crippen molar-refractivity contribution in [3.8, 4) is 57.5 Å². The first-order chi connectivity index (χ1) is 29.5. The van der Waals surface area contributed by atoms with Gasteiger partial charge in [0.25, 0.3) is 0 Å². The van der Waals surface area contributed by atoms with Crippen LogP contribution in [-0.4, -0.2) is 57.0 Å². The second-order valence-corrected chi connectivity index (χ2v) is 13.6. The quantitative estimate of drug-likeness (QED) is 0.110. The molecule has 17 nitrogen and oxygen atoms in total. The second-order valence-electron chi connectivity index (χ2n) is 13.6. The summed E-state index contributed by atoms with van der Waals surface area (Å²) in [4.78, 5) is 22.5. The predicted molar refractivity (Wildman–Crippen MR) is 225 cm³/mol. The van der Waals surface area contributed by atoms with Gasteiger partial charge in [-0.2, -0.15) is 5.26 Å². The molecule has 1 aliphatic heterocycles. The third-order valence-electron chi connectivity index (χ3n) is 9.97. The minimum Gasteiger partial charge on any atom is -0.502 e. The van der Waals surface area contributed by atoms with Gasteiger partial charge in [0.05, 0.1) is 49.4 Å². The third kappa shape index (κ3) is 7.97. The SMILES string of the molecule is CCc1[nH]nc2c1C(c1cc(OC)c(O)c(OC)c1)C(C#N)=C(N)O2.COc1ccc(-c2[nH]nc3oc(=O)cc(C)c23)cc1.Cc1cc(=O)oc2n[nH]c(-c3ccccc3)c12. The number of rotatable bonds is 7. The van der Waals surface area contributed by atoms with Gasteiger partial charge in [-0.1, -0.05) is 37.3 Å². The van der Waals surface area contributed by atoms with Gasteiger partial charge in [0.15, 0.2) is 11.5 Å². The average Bonchev–Trinajstić information content (AvgIpc) is 4.01. The highest BCUT2D eigenvalue weighted by molar-refractivity contribution is 5.93. The van der Waals surface area contributed by atoms with E-state index >= 15 is 0 Å². The molecule has 8 aromatic rings. The number of phenolic OH excluding ortho intramolecular Hbond substituents is 1. The van der Waals surface area contributed by atoms with Crippen molar-refractivity contribution in [3.63, 3.8) is 0 Å². The number of aromatic nitrogens is 6. The Hall–Kier alpha value is -8.26. The van der Waals surface area contributed by atoms with Crippen LogP contribution in [-0.2, 0) is 6.42 Å². The Morgan fingerprint density at radius 3 is 1.80 bits per heavy atom. The summed E-state index contributed by atoms with van der Waals surface area (Å²) in [7, 11) is 4.51. The van der Waals surface area contributed by atoms with Gasteiger partial charge in [-0.25, -0.2) is 9.59 Å². The number of aromatic amines is 3. The molecular formula is C44H40N8O9. The summed E-state index contributed by atoms with van der Waals surface area (Å²) in [5.41, 5.74) is 13.7. The molecule has 1 unspecified atom stereocenters. The summed E-state index contributed by atoms with van der Waals surface area (Å²) >= 11 is 0. The van der Waals surface area contributed by atoms with Crippen LogP contribution in [0, 0.1) is 25.2 Å². The Labute approximate surface area is 347 Å². The summed E-state index contributed by atoms with van der Waals surface area (Å²) in [6, 6.07) is 25.8. The number of nitrogens with two attached hydrogens (primary N) is 1. The lowest BCUT2D eigenvalue weighted by Gasteiger charge is -2.25. The standard InChI is InChI=1S/C17H18N4O4.C14H12N2O3.C13H10N2O2/c1-4-10-14-13(9(7-18)16(19)25-17(14)21-20-10)8-5-11(23-2)15(22)12(6-8)24-3;1-8-7-11(17)19-14-12(8)13(15-16-14)9-3-5-10(18-2)6-4-9;1-8-7-10(16)17-13-11(8)12(14-15-13)9-5-3-2-4-6-9/h5-6,13,22H,4,19H2,1-3H3,(H,20,21);3-7H,1-2H3,(H,15,16);2-7H,1H3,(H,14,15). The second kappa shape index (κ2) is 17.3. The molecular weight excluding hydrogens is 785 g/mol. The molecule has 0 saturated carbocycles. The van der Waals surface area contributed by atoms with Crippen molar-refractivity contribution in [2.75, 3.05) is 21.3 Å². The van der Waals surface area contributed by atoms with Crippen LogP contribution < -0.4 is 35.9 Å². The number of nitriles is 1. The molecule has 0 saturated heterocycles. The highest BCUT2D eigenvalue weighted by atomic mass is 16.5. The van der Waals surface area contributed by atoms with E-state index in [0.29, 0.717) is 29.3 Å². The van der Waals surface area contributed by atoms with E-state index in [0.717, 1.165) is 61.4 Å². The van der Waals surface area contributed by atoms with E-state index < -0.39 is 11.5 Å². The Balaban J connectivity index is 0.000000141. The number of methoxy groups -OCH3 is 3. The molecule has 0 radical (unpaired) electrons. The normalized spacial score (nSPS) is 13.0. The lowest BCUT2D eigenvalue weighted by molar-refractivity contribution is 0.338. The topological polar surface area (TPSA) is 253 Å². The van der Waals surface area contributed by atoms with Gasteiger partial charge < -0.3 is 38.6 Å². The number of ether oxygens (including phenoxy) is 4. The molecule has 0 fully saturated rings. The maximum absolute atomic E-state index is 11.3. The van der Waals surface area contributed by atoms with Gasteiger partial charge in [-0.3, -0.25) is 15.3 Å². The van der Waals surface area contributed by atoms with Crippen LogP contribution in [0.3, 0.4) is 0 Å². The molecule has 0 aliphatic carbocycles. The van der Waals surface area contributed by atoms with Crippen LogP contribution in [0.1, 0.15) is 40.8 Å². The van der Waals surface area contributed by atoms with E-state index in [2.05, 4.69) is 36.7 Å². The minimum absolute atomic E-state index is 0.000150. The van der Waals surface area contributed by atoms with Crippen molar-refractivity contribution in [3.05, 3.63) is 139 Å². The fourth-order valence-corrected chi connectivity index (χ4v) is 7.05. The van der Waals surface area contributed by atoms with Crippen LogP contribution in [0.25, 0.3) is 44.7 Å². The fourth-order valence-electron chi connectivity index (χ4n) is 7.05. The van der Waals surface area contributed by atoms with Crippen molar-refractivity contribution in [1.29, 1.82) is 5.26 Å². The molecule has 3 aromatic carbocycles. The van der Waals surface area contributed by atoms with Crippen LogP contribution >= 0.6 is 0 Å². The van der Waals surface area contributed by atoms with Crippen molar-refractivity contribution in [2.24, 2.45) is 5.73 Å². The highest BCUT2D eigenvalue weighted by Gasteiger charge is 2.36. The first kappa shape index (κ1) is 40.9. The van der Waals surface area contributed by atoms with E-state index in [9.17, 15) is 20.0 Å². The van der Waals surface area contributed by atoms with Gasteiger partial charge in [0, 0.05) is 34.5 Å². The zero-order valence-corrected chi connectivity index (χ0v) is 33.9. The summed E-state index contributed by atoms with van der Waals surface area (Å²) in [6.45, 7) is 5.71. The molecule has 0 amide bonds. The Morgan fingerprint density at radius 2 is 1.31 bits per heavy atom. The number of fused-ring (bicyclic) bond motifs is 3. The van der Waals surface area contributed by atoms with Gasteiger partial charge >= 0.3 is 11.3 Å². The number of phenols is 1. The van der Waals surface area contributed by atoms with Crippen molar-refractivity contribution in [1.82, 2.24) is 30.6 Å². The van der Waals surface area contributed by atoms with E-state index in [4.69, 9.17) is 33.5 Å². The van der Waals surface area contributed by atoms with Crippen LogP contribution in [0.5, 0.6) is 28.9 Å². The number of nitrogens with zero attached hydrogens (tertiary/aromatic N) is 4. The Morgan fingerprint density at radius 1 is 0.770 bits per heavy atom. The molecule has 1 atom stereocenters. The molecule has 6 heterocycles. The molecule has 0 bridgehead atoms. The minimum atomic E-state index is -0.508. The summed E-state index contributed by atoms with van der Waals surface area (Å²) in [5.74, 6) is 0.977. The van der Waals surface area contributed by atoms with Gasteiger partial charge in [0.2, 0.25) is 28.9 Å². The molecule has 9 rings (SSSR count). The predicted octanol–water partition coefficient (Wildman–Crippen LogP) is 6.90. The molecule has 1 aliphatic rings. The largest absolute Gasteiger partial charge is 0.502 e. The summed E-state index contributed by atoms with van der Waals surface area (Å²) in [6.07, 6.45) is 0.674. The number of benzene rings is 3. The van der Waals surface area contributed by atoms with Crippen LogP contribution in [0.2, 0.25) is 0 Å². The fraction of sp³-hybridized carbons (Fsp3) is 0.182. The summed E-state index contributed by atoms with van der Waals surface area (Å²) < 4.78 is 31.2. The highest BCUT2D eigenvalue weighted by Crippen LogP contribution is 2.47. The number of nitrogens with one attached hydrogen (secondary N) is 3. The van der Waals surface area contributed by atoms with E-state index in [-0.39, 0.29) is 34.3 Å². The van der Waals surface area contributed by atoms with Gasteiger partial charge in [-0.05, 0) is 73.4 Å². The van der Waals surface area contributed by atoms with Crippen molar-refractivity contribution >= 4 is 22.2 Å². The van der Waals surface area contributed by atoms with E-state index in [1.165, 1.54) is 26.4 Å². The first-order valence-corrected chi connectivity index (χ1v) is 18.8. The number of aryl methyl sites for hydroxylation is 3. The van der Waals surface area contributed by atoms with Gasteiger partial charge in [-0.15, -0.1) is 15.3 Å². The lowest BCUT2D eigenvalue weighted by atomic mass is 9.83. The van der Waals surface area contributed by atoms with Gasteiger partial charge in [0.1, 0.15) is 17.4 Å². The first-order valence-electron chi connectivity index (χ1n) is 18.8. The Kier molecular flexibility index (Phi) is 11.6. The monoisotopic (exact) mass is 824 g/mol. The maximum atomic E-state index is 11.3. The van der Waals surface area contributed by atoms with Crippen LogP contribution in [0.15, 0.2) is 109 Å². The zero-order chi connectivity index (χ0) is 43.4. The molecule has 6 N–H and O–H groups in total.